The first kappa shape index (κ1) is 22.1. The van der Waals surface area contributed by atoms with Crippen molar-refractivity contribution in [2.24, 2.45) is 5.92 Å². The monoisotopic (exact) mass is 431 g/mol. The Balaban J connectivity index is 1.57. The molecule has 160 valence electrons. The lowest BCUT2D eigenvalue weighted by molar-refractivity contribution is -0.135. The van der Waals surface area contributed by atoms with Crippen LogP contribution in [0.4, 0.5) is 14.9 Å². The molecule has 1 aliphatic heterocycles. The molecule has 2 aromatic rings. The summed E-state index contributed by atoms with van der Waals surface area (Å²) in [6, 6.07) is 12.3. The summed E-state index contributed by atoms with van der Waals surface area (Å²) in [5, 5.41) is 6.06. The fraction of sp³-hybridized carbons (Fsp3) is 0.391. The highest BCUT2D eigenvalue weighted by atomic mass is 35.5. The summed E-state index contributed by atoms with van der Waals surface area (Å²) in [7, 11) is 0. The molecule has 0 bridgehead atoms. The van der Waals surface area contributed by atoms with E-state index in [4.69, 9.17) is 11.6 Å². The molecule has 0 radical (unpaired) electrons. The maximum Gasteiger partial charge on any atom is 0.319 e. The molecule has 2 aromatic carbocycles. The molecular weight excluding hydrogens is 405 g/mol. The van der Waals surface area contributed by atoms with Gasteiger partial charge in [-0.15, -0.1) is 0 Å². The van der Waals surface area contributed by atoms with E-state index in [2.05, 4.69) is 10.6 Å². The Morgan fingerprint density at radius 1 is 1.10 bits per heavy atom. The first-order chi connectivity index (χ1) is 14.3. The van der Waals surface area contributed by atoms with Gasteiger partial charge in [0.25, 0.3) is 0 Å². The number of hydrogen-bond acceptors (Lipinski definition) is 2. The molecule has 1 heterocycles. The van der Waals surface area contributed by atoms with Gasteiger partial charge in [-0.25, -0.2) is 9.18 Å². The summed E-state index contributed by atoms with van der Waals surface area (Å²) in [5.74, 6) is -0.209. The first-order valence-electron chi connectivity index (χ1n) is 10.2. The molecule has 7 heteroatoms. The van der Waals surface area contributed by atoms with E-state index in [0.29, 0.717) is 29.7 Å². The molecule has 0 spiro atoms. The lowest BCUT2D eigenvalue weighted by Gasteiger charge is -2.35. The zero-order chi connectivity index (χ0) is 21.7. The third kappa shape index (κ3) is 5.72. The average molecular weight is 432 g/mol. The van der Waals surface area contributed by atoms with Gasteiger partial charge in [0.2, 0.25) is 5.91 Å². The number of carbonyl (C=O) groups excluding carboxylic acids is 2. The topological polar surface area (TPSA) is 61.4 Å². The van der Waals surface area contributed by atoms with Crippen LogP contribution in [0.3, 0.4) is 0 Å². The maximum absolute atomic E-state index is 13.3. The molecule has 1 fully saturated rings. The number of rotatable bonds is 5. The molecule has 1 aliphatic rings. The predicted molar refractivity (Wildman–Crippen MR) is 117 cm³/mol. The highest BCUT2D eigenvalue weighted by Crippen LogP contribution is 2.29. The van der Waals surface area contributed by atoms with Gasteiger partial charge in [0.05, 0.1) is 0 Å². The van der Waals surface area contributed by atoms with Crippen LogP contribution in [-0.2, 0) is 4.79 Å². The molecule has 0 unspecified atom stereocenters. The fourth-order valence-electron chi connectivity index (χ4n) is 3.75. The van der Waals surface area contributed by atoms with Gasteiger partial charge in [0.1, 0.15) is 11.9 Å². The largest absolute Gasteiger partial charge is 0.341 e. The summed E-state index contributed by atoms with van der Waals surface area (Å²) in [5.41, 5.74) is 1.57. The van der Waals surface area contributed by atoms with Crippen molar-refractivity contribution in [1.29, 1.82) is 0 Å². The SMILES string of the molecule is CC(C)[C@@H](NC(=O)Nc1cccc(F)c1)C(=O)N1CCC(c2ccc(Cl)cc2)CC1. The number of hydrogen-bond donors (Lipinski definition) is 2. The second kappa shape index (κ2) is 9.94. The Kier molecular flexibility index (Phi) is 7.32. The van der Waals surface area contributed by atoms with Crippen LogP contribution in [-0.4, -0.2) is 36.0 Å². The molecule has 0 aliphatic carbocycles. The van der Waals surface area contributed by atoms with Crippen molar-refractivity contribution in [1.82, 2.24) is 10.2 Å². The number of nitrogens with zero attached hydrogens (tertiary/aromatic N) is 1. The highest BCUT2D eigenvalue weighted by Gasteiger charge is 2.31. The molecule has 30 heavy (non-hydrogen) atoms. The molecule has 2 N–H and O–H groups in total. The Labute approximate surface area is 181 Å². The minimum Gasteiger partial charge on any atom is -0.341 e. The Hall–Kier alpha value is -2.60. The van der Waals surface area contributed by atoms with Crippen LogP contribution in [0.2, 0.25) is 5.02 Å². The van der Waals surface area contributed by atoms with Crippen molar-refractivity contribution in [3.05, 3.63) is 64.9 Å². The number of halogens is 2. The number of amides is 3. The molecule has 1 atom stereocenters. The van der Waals surface area contributed by atoms with Gasteiger partial charge in [-0.3, -0.25) is 4.79 Å². The second-order valence-electron chi connectivity index (χ2n) is 7.98. The number of urea groups is 1. The van der Waals surface area contributed by atoms with E-state index < -0.39 is 17.9 Å². The van der Waals surface area contributed by atoms with Crippen molar-refractivity contribution >= 4 is 29.2 Å². The van der Waals surface area contributed by atoms with E-state index in [9.17, 15) is 14.0 Å². The normalized spacial score (nSPS) is 15.7. The minimum atomic E-state index is -0.648. The van der Waals surface area contributed by atoms with Crippen LogP contribution in [0.5, 0.6) is 0 Å². The van der Waals surface area contributed by atoms with Crippen LogP contribution >= 0.6 is 11.6 Å². The Morgan fingerprint density at radius 3 is 2.37 bits per heavy atom. The van der Waals surface area contributed by atoms with Crippen LogP contribution in [0.15, 0.2) is 48.5 Å². The number of anilines is 1. The molecule has 3 amide bonds. The molecule has 1 saturated heterocycles. The highest BCUT2D eigenvalue weighted by molar-refractivity contribution is 6.30. The Morgan fingerprint density at radius 2 is 1.77 bits per heavy atom. The third-order valence-electron chi connectivity index (χ3n) is 5.45. The van der Waals surface area contributed by atoms with Gasteiger partial charge >= 0.3 is 6.03 Å². The lowest BCUT2D eigenvalue weighted by atomic mass is 9.89. The van der Waals surface area contributed by atoms with Crippen molar-refractivity contribution in [2.45, 2.75) is 38.6 Å². The fourth-order valence-corrected chi connectivity index (χ4v) is 3.88. The van der Waals surface area contributed by atoms with E-state index in [1.165, 1.54) is 23.8 Å². The van der Waals surface area contributed by atoms with Crippen molar-refractivity contribution in [2.75, 3.05) is 18.4 Å². The molecule has 3 rings (SSSR count). The van der Waals surface area contributed by atoms with Gasteiger partial charge in [0, 0.05) is 23.8 Å². The van der Waals surface area contributed by atoms with Gasteiger partial charge in [-0.05, 0) is 60.6 Å². The standard InChI is InChI=1S/C23H27ClFN3O2/c1-15(2)21(27-23(30)26-20-5-3-4-19(25)14-20)22(29)28-12-10-17(11-13-28)16-6-8-18(24)9-7-16/h3-9,14-15,17,21H,10-13H2,1-2H3,(H2,26,27,30)/t21-/m1/s1. The number of likely N-dealkylation sites (tertiary alicyclic amines) is 1. The summed E-state index contributed by atoms with van der Waals surface area (Å²) in [6.07, 6.45) is 1.74. The maximum atomic E-state index is 13.3. The predicted octanol–water partition coefficient (Wildman–Crippen LogP) is 5.03. The van der Waals surface area contributed by atoms with E-state index >= 15 is 0 Å². The number of piperidine rings is 1. The average Bonchev–Trinajstić information content (AvgIpc) is 2.72. The number of benzene rings is 2. The molecule has 0 aromatic heterocycles. The summed E-state index contributed by atoms with van der Waals surface area (Å²) < 4.78 is 13.3. The molecule has 0 saturated carbocycles. The quantitative estimate of drug-likeness (QED) is 0.697. The van der Waals surface area contributed by atoms with E-state index in [0.717, 1.165) is 12.8 Å². The van der Waals surface area contributed by atoms with E-state index in [1.54, 1.807) is 6.07 Å². The second-order valence-corrected chi connectivity index (χ2v) is 8.42. The Bertz CT molecular complexity index is 880. The van der Waals surface area contributed by atoms with Crippen LogP contribution in [0.1, 0.15) is 38.2 Å². The summed E-state index contributed by atoms with van der Waals surface area (Å²) in [6.45, 7) is 5.07. The lowest BCUT2D eigenvalue weighted by Crippen LogP contribution is -2.53. The zero-order valence-electron chi connectivity index (χ0n) is 17.2. The molecular formula is C23H27ClFN3O2. The zero-order valence-corrected chi connectivity index (χ0v) is 18.0. The van der Waals surface area contributed by atoms with Gasteiger partial charge < -0.3 is 15.5 Å². The third-order valence-corrected chi connectivity index (χ3v) is 5.70. The van der Waals surface area contributed by atoms with E-state index in [-0.39, 0.29) is 11.8 Å². The van der Waals surface area contributed by atoms with Crippen LogP contribution in [0.25, 0.3) is 0 Å². The van der Waals surface area contributed by atoms with Crippen molar-refractivity contribution in [3.63, 3.8) is 0 Å². The van der Waals surface area contributed by atoms with Crippen molar-refractivity contribution < 1.29 is 14.0 Å². The minimum absolute atomic E-state index is 0.0789. The number of nitrogens with one attached hydrogen (secondary N) is 2. The van der Waals surface area contributed by atoms with Crippen LogP contribution in [0, 0.1) is 11.7 Å². The van der Waals surface area contributed by atoms with Crippen LogP contribution < -0.4 is 10.6 Å². The van der Waals surface area contributed by atoms with Gasteiger partial charge in [0.15, 0.2) is 0 Å². The van der Waals surface area contributed by atoms with Gasteiger partial charge in [-0.2, -0.15) is 0 Å². The summed E-state index contributed by atoms with van der Waals surface area (Å²) >= 11 is 5.97. The smallest absolute Gasteiger partial charge is 0.319 e. The molecule has 5 nitrogen and oxygen atoms in total. The first-order valence-corrected chi connectivity index (χ1v) is 10.6. The number of carbonyl (C=O) groups is 2. The van der Waals surface area contributed by atoms with E-state index in [1.807, 2.05) is 43.0 Å². The van der Waals surface area contributed by atoms with Gasteiger partial charge in [-0.1, -0.05) is 43.6 Å². The van der Waals surface area contributed by atoms with Crippen molar-refractivity contribution in [3.8, 4) is 0 Å². The summed E-state index contributed by atoms with van der Waals surface area (Å²) in [4.78, 5) is 27.3.